The van der Waals surface area contributed by atoms with Crippen molar-refractivity contribution in [1.82, 2.24) is 14.8 Å². The first-order chi connectivity index (χ1) is 10.2. The van der Waals surface area contributed by atoms with Crippen molar-refractivity contribution in [2.24, 2.45) is 4.99 Å². The molecule has 3 aromatic rings. The molecular weight excluding hydrogens is 274 g/mol. The van der Waals surface area contributed by atoms with E-state index < -0.39 is 5.82 Å². The molecule has 0 amide bonds. The summed E-state index contributed by atoms with van der Waals surface area (Å²) in [6.07, 6.45) is 2.65. The summed E-state index contributed by atoms with van der Waals surface area (Å²) in [6, 6.07) is 7.81. The van der Waals surface area contributed by atoms with E-state index in [1.165, 1.54) is 18.3 Å². The molecule has 2 aromatic heterocycles. The molecule has 1 aromatic carbocycles. The first-order valence-electron chi connectivity index (χ1n) is 6.36. The van der Waals surface area contributed by atoms with Gasteiger partial charge >= 0.3 is 0 Å². The second-order valence-electron chi connectivity index (χ2n) is 4.55. The quantitative estimate of drug-likeness (QED) is 0.695. The molecule has 0 aliphatic rings. The molecule has 0 radical (unpaired) electrons. The lowest BCUT2D eigenvalue weighted by atomic mass is 10.2. The highest BCUT2D eigenvalue weighted by Crippen LogP contribution is 2.18. The van der Waals surface area contributed by atoms with E-state index in [4.69, 9.17) is 0 Å². The molecule has 21 heavy (non-hydrogen) atoms. The van der Waals surface area contributed by atoms with Crippen molar-refractivity contribution in [2.45, 2.75) is 6.54 Å². The zero-order valence-corrected chi connectivity index (χ0v) is 11.3. The molecule has 4 nitrogen and oxygen atoms in total. The summed E-state index contributed by atoms with van der Waals surface area (Å²) < 4.78 is 28.6. The average Bonchev–Trinajstić information content (AvgIpc) is 2.79. The highest BCUT2D eigenvalue weighted by atomic mass is 19.1. The van der Waals surface area contributed by atoms with Gasteiger partial charge in [-0.25, -0.2) is 18.4 Å². The fourth-order valence-corrected chi connectivity index (χ4v) is 2.17. The molecule has 0 spiro atoms. The van der Waals surface area contributed by atoms with Crippen molar-refractivity contribution in [3.8, 4) is 0 Å². The Bertz CT molecular complexity index is 824. The van der Waals surface area contributed by atoms with Gasteiger partial charge in [-0.2, -0.15) is 5.10 Å². The number of nitrogens with zero attached hydrogens (tertiary/aromatic N) is 4. The Labute approximate surface area is 119 Å². The van der Waals surface area contributed by atoms with E-state index in [-0.39, 0.29) is 12.4 Å². The Morgan fingerprint density at radius 1 is 1.29 bits per heavy atom. The minimum Gasteiger partial charge on any atom is -0.294 e. The number of benzene rings is 1. The first kappa shape index (κ1) is 13.4. The third-order valence-corrected chi connectivity index (χ3v) is 3.11. The van der Waals surface area contributed by atoms with Crippen molar-refractivity contribution < 1.29 is 8.78 Å². The SMILES string of the molecule is CN=Cc1nn(Cc2ccccc2F)c2ncc(F)cc12. The van der Waals surface area contributed by atoms with E-state index in [0.29, 0.717) is 22.3 Å². The Morgan fingerprint density at radius 3 is 2.86 bits per heavy atom. The number of hydrogen-bond donors (Lipinski definition) is 0. The van der Waals surface area contributed by atoms with Crippen molar-refractivity contribution in [1.29, 1.82) is 0 Å². The van der Waals surface area contributed by atoms with Gasteiger partial charge in [0.1, 0.15) is 17.3 Å². The molecule has 0 unspecified atom stereocenters. The van der Waals surface area contributed by atoms with Crippen LogP contribution in [0.3, 0.4) is 0 Å². The molecule has 0 atom stereocenters. The summed E-state index contributed by atoms with van der Waals surface area (Å²) in [7, 11) is 1.61. The van der Waals surface area contributed by atoms with Crippen LogP contribution in [0.1, 0.15) is 11.3 Å². The Hall–Kier alpha value is -2.63. The van der Waals surface area contributed by atoms with Gasteiger partial charge < -0.3 is 0 Å². The number of rotatable bonds is 3. The van der Waals surface area contributed by atoms with E-state index in [1.54, 1.807) is 29.9 Å². The molecule has 3 rings (SSSR count). The Morgan fingerprint density at radius 2 is 2.10 bits per heavy atom. The molecule has 2 heterocycles. The molecule has 0 saturated carbocycles. The van der Waals surface area contributed by atoms with Gasteiger partial charge in [0.15, 0.2) is 5.65 Å². The normalized spacial score (nSPS) is 11.6. The van der Waals surface area contributed by atoms with Gasteiger partial charge in [-0.1, -0.05) is 18.2 Å². The molecule has 0 saturated heterocycles. The van der Waals surface area contributed by atoms with Crippen molar-refractivity contribution in [2.75, 3.05) is 7.05 Å². The monoisotopic (exact) mass is 286 g/mol. The van der Waals surface area contributed by atoms with E-state index in [0.717, 1.165) is 6.20 Å². The summed E-state index contributed by atoms with van der Waals surface area (Å²) in [6.45, 7) is 0.222. The maximum absolute atomic E-state index is 13.7. The van der Waals surface area contributed by atoms with Crippen LogP contribution in [0.25, 0.3) is 11.0 Å². The predicted octanol–water partition coefficient (Wildman–Crippen LogP) is 2.81. The molecule has 0 bridgehead atoms. The number of fused-ring (bicyclic) bond motifs is 1. The minimum atomic E-state index is -0.446. The van der Waals surface area contributed by atoms with Crippen LogP contribution in [0.5, 0.6) is 0 Å². The molecular formula is C15H12F2N4. The van der Waals surface area contributed by atoms with Gasteiger partial charge in [0, 0.05) is 18.8 Å². The van der Waals surface area contributed by atoms with Crippen LogP contribution in [0.15, 0.2) is 41.5 Å². The van der Waals surface area contributed by atoms with Crippen LogP contribution in [0.4, 0.5) is 8.78 Å². The molecule has 0 N–H and O–H groups in total. The lowest BCUT2D eigenvalue weighted by molar-refractivity contribution is 0.588. The molecule has 106 valence electrons. The van der Waals surface area contributed by atoms with Crippen molar-refractivity contribution in [3.05, 3.63) is 59.4 Å². The van der Waals surface area contributed by atoms with Crippen LogP contribution in [-0.4, -0.2) is 28.0 Å². The molecule has 0 aliphatic heterocycles. The smallest absolute Gasteiger partial charge is 0.158 e. The van der Waals surface area contributed by atoms with Gasteiger partial charge in [0.2, 0.25) is 0 Å². The Balaban J connectivity index is 2.13. The fourth-order valence-electron chi connectivity index (χ4n) is 2.17. The standard InChI is InChI=1S/C15H12F2N4/c1-18-8-14-12-6-11(16)7-19-15(12)21(20-14)9-10-4-2-3-5-13(10)17/h2-8H,9H2,1H3. The van der Waals surface area contributed by atoms with Crippen molar-refractivity contribution >= 4 is 17.2 Å². The first-order valence-corrected chi connectivity index (χ1v) is 6.36. The summed E-state index contributed by atoms with van der Waals surface area (Å²) in [4.78, 5) is 7.95. The highest BCUT2D eigenvalue weighted by molar-refractivity contribution is 5.95. The lowest BCUT2D eigenvalue weighted by Crippen LogP contribution is -2.05. The summed E-state index contributed by atoms with van der Waals surface area (Å²) in [5.74, 6) is -0.757. The van der Waals surface area contributed by atoms with Gasteiger partial charge in [0.25, 0.3) is 0 Å². The highest BCUT2D eigenvalue weighted by Gasteiger charge is 2.13. The fraction of sp³-hybridized carbons (Fsp3) is 0.133. The zero-order valence-electron chi connectivity index (χ0n) is 11.3. The molecule has 0 fully saturated rings. The topological polar surface area (TPSA) is 43.1 Å². The van der Waals surface area contributed by atoms with E-state index in [1.807, 2.05) is 0 Å². The van der Waals surface area contributed by atoms with Crippen LogP contribution in [-0.2, 0) is 6.54 Å². The second kappa shape index (κ2) is 5.40. The lowest BCUT2D eigenvalue weighted by Gasteiger charge is -2.04. The molecule has 6 heteroatoms. The van der Waals surface area contributed by atoms with Gasteiger partial charge in [-0.3, -0.25) is 4.99 Å². The number of aliphatic imine (C=N–C) groups is 1. The third-order valence-electron chi connectivity index (χ3n) is 3.11. The third kappa shape index (κ3) is 2.52. The number of aromatic nitrogens is 3. The van der Waals surface area contributed by atoms with E-state index >= 15 is 0 Å². The van der Waals surface area contributed by atoms with Gasteiger partial charge in [-0.15, -0.1) is 0 Å². The van der Waals surface area contributed by atoms with Crippen LogP contribution < -0.4 is 0 Å². The number of halogens is 2. The summed E-state index contributed by atoms with van der Waals surface area (Å²) >= 11 is 0. The number of pyridine rings is 1. The zero-order chi connectivity index (χ0) is 14.8. The van der Waals surface area contributed by atoms with Crippen LogP contribution in [0.2, 0.25) is 0 Å². The summed E-state index contributed by atoms with van der Waals surface area (Å²) in [5.41, 5.74) is 1.50. The summed E-state index contributed by atoms with van der Waals surface area (Å²) in [5, 5.41) is 4.88. The average molecular weight is 286 g/mol. The van der Waals surface area contributed by atoms with Gasteiger partial charge in [-0.05, 0) is 12.1 Å². The maximum atomic E-state index is 13.7. The maximum Gasteiger partial charge on any atom is 0.158 e. The van der Waals surface area contributed by atoms with Crippen molar-refractivity contribution in [3.63, 3.8) is 0 Å². The van der Waals surface area contributed by atoms with E-state index in [2.05, 4.69) is 15.1 Å². The van der Waals surface area contributed by atoms with E-state index in [9.17, 15) is 8.78 Å². The van der Waals surface area contributed by atoms with Gasteiger partial charge in [0.05, 0.1) is 18.1 Å². The number of hydrogen-bond acceptors (Lipinski definition) is 3. The minimum absolute atomic E-state index is 0.222. The largest absolute Gasteiger partial charge is 0.294 e. The van der Waals surface area contributed by atoms with Crippen LogP contribution in [0, 0.1) is 11.6 Å². The molecule has 0 aliphatic carbocycles. The Kier molecular flexibility index (Phi) is 3.43. The second-order valence-corrected chi connectivity index (χ2v) is 4.55. The van der Waals surface area contributed by atoms with Crippen LogP contribution >= 0.6 is 0 Å². The predicted molar refractivity (Wildman–Crippen MR) is 76.5 cm³/mol.